The van der Waals surface area contributed by atoms with Crippen LogP contribution in [0.15, 0.2) is 73.1 Å². The number of rotatable bonds is 7. The zero-order valence-electron chi connectivity index (χ0n) is 15.5. The van der Waals surface area contributed by atoms with E-state index in [1.807, 2.05) is 29.8 Å². The second kappa shape index (κ2) is 9.46. The van der Waals surface area contributed by atoms with Gasteiger partial charge in [0.2, 0.25) is 0 Å². The third-order valence-electron chi connectivity index (χ3n) is 3.91. The molecule has 0 bridgehead atoms. The maximum atomic E-state index is 12.2. The van der Waals surface area contributed by atoms with E-state index < -0.39 is 31.0 Å². The molecule has 0 aliphatic rings. The Morgan fingerprint density at radius 3 is 2.30 bits per heavy atom. The molecule has 0 saturated heterocycles. The average Bonchev–Trinajstić information content (AvgIpc) is 3.27. The van der Waals surface area contributed by atoms with Crippen molar-refractivity contribution in [2.24, 2.45) is 0 Å². The molecule has 7 nitrogen and oxygen atoms in total. The summed E-state index contributed by atoms with van der Waals surface area (Å²) in [5.74, 6) is -2.44. The van der Waals surface area contributed by atoms with Gasteiger partial charge in [0.05, 0.1) is 5.56 Å². The first-order valence-corrected chi connectivity index (χ1v) is 8.72. The van der Waals surface area contributed by atoms with E-state index in [4.69, 9.17) is 4.74 Å². The molecule has 1 N–H and O–H groups in total. The van der Waals surface area contributed by atoms with Gasteiger partial charge in [-0.3, -0.25) is 14.9 Å². The van der Waals surface area contributed by atoms with Crippen LogP contribution in [0.25, 0.3) is 5.69 Å². The number of halogens is 2. The molecule has 0 aliphatic carbocycles. The van der Waals surface area contributed by atoms with Crippen LogP contribution in [0.2, 0.25) is 0 Å². The highest BCUT2D eigenvalue weighted by atomic mass is 19.3. The third-order valence-corrected chi connectivity index (χ3v) is 3.91. The van der Waals surface area contributed by atoms with E-state index >= 15 is 0 Å². The first-order valence-electron chi connectivity index (χ1n) is 8.72. The lowest BCUT2D eigenvalue weighted by atomic mass is 10.2. The molecular formula is C21H16F2N2O5. The lowest BCUT2D eigenvalue weighted by Crippen LogP contribution is -2.34. The predicted molar refractivity (Wildman–Crippen MR) is 102 cm³/mol. The van der Waals surface area contributed by atoms with Crippen molar-refractivity contribution >= 4 is 17.8 Å². The van der Waals surface area contributed by atoms with Gasteiger partial charge in [-0.25, -0.2) is 4.79 Å². The van der Waals surface area contributed by atoms with Gasteiger partial charge in [0, 0.05) is 23.6 Å². The monoisotopic (exact) mass is 414 g/mol. The molecule has 3 aromatic rings. The van der Waals surface area contributed by atoms with Crippen LogP contribution in [0.4, 0.5) is 8.78 Å². The largest absolute Gasteiger partial charge is 0.452 e. The van der Waals surface area contributed by atoms with Gasteiger partial charge in [-0.1, -0.05) is 6.07 Å². The van der Waals surface area contributed by atoms with E-state index in [0.29, 0.717) is 0 Å². The summed E-state index contributed by atoms with van der Waals surface area (Å²) < 4.78 is 35.2. The van der Waals surface area contributed by atoms with Gasteiger partial charge in [0.25, 0.3) is 11.8 Å². The normalized spacial score (nSPS) is 10.5. The molecule has 1 aromatic heterocycles. The second-order valence-electron chi connectivity index (χ2n) is 6.00. The van der Waals surface area contributed by atoms with Gasteiger partial charge in [-0.05, 0) is 54.6 Å². The number of imide groups is 1. The molecular weight excluding hydrogens is 398 g/mol. The van der Waals surface area contributed by atoms with Gasteiger partial charge in [0.15, 0.2) is 6.61 Å². The summed E-state index contributed by atoms with van der Waals surface area (Å²) in [6.07, 6.45) is 3.63. The van der Waals surface area contributed by atoms with Crippen LogP contribution in [-0.4, -0.2) is 35.6 Å². The van der Waals surface area contributed by atoms with Gasteiger partial charge in [-0.2, -0.15) is 8.78 Å². The van der Waals surface area contributed by atoms with Crippen LogP contribution in [-0.2, 0) is 9.53 Å². The van der Waals surface area contributed by atoms with E-state index in [0.717, 1.165) is 5.69 Å². The fourth-order valence-electron chi connectivity index (χ4n) is 2.54. The number of aromatic nitrogens is 1. The number of hydrogen-bond donors (Lipinski definition) is 1. The highest BCUT2D eigenvalue weighted by Crippen LogP contribution is 2.15. The van der Waals surface area contributed by atoms with E-state index in [-0.39, 0.29) is 16.9 Å². The number of nitrogens with zero attached hydrogens (tertiary/aromatic N) is 1. The Bertz CT molecular complexity index is 1030. The van der Waals surface area contributed by atoms with Gasteiger partial charge >= 0.3 is 12.6 Å². The Labute approximate surface area is 169 Å². The molecule has 0 unspecified atom stereocenters. The number of ether oxygens (including phenoxy) is 2. The van der Waals surface area contributed by atoms with E-state index in [2.05, 4.69) is 4.74 Å². The number of nitrogens with one attached hydrogen (secondary N) is 1. The average molecular weight is 414 g/mol. The molecule has 154 valence electrons. The maximum absolute atomic E-state index is 12.2. The first kappa shape index (κ1) is 20.7. The fraction of sp³-hybridized carbons (Fsp3) is 0.0952. The number of carbonyl (C=O) groups excluding carboxylic acids is 3. The number of hydrogen-bond acceptors (Lipinski definition) is 5. The molecule has 9 heteroatoms. The number of esters is 1. The lowest BCUT2D eigenvalue weighted by molar-refractivity contribution is -0.123. The lowest BCUT2D eigenvalue weighted by Gasteiger charge is -2.08. The summed E-state index contributed by atoms with van der Waals surface area (Å²) in [5.41, 5.74) is 1.04. The van der Waals surface area contributed by atoms with Crippen molar-refractivity contribution in [2.45, 2.75) is 6.61 Å². The minimum Gasteiger partial charge on any atom is -0.452 e. The van der Waals surface area contributed by atoms with Crippen LogP contribution in [0.3, 0.4) is 0 Å². The summed E-state index contributed by atoms with van der Waals surface area (Å²) >= 11 is 0. The van der Waals surface area contributed by atoms with Gasteiger partial charge in [0.1, 0.15) is 5.75 Å². The Morgan fingerprint density at radius 2 is 1.63 bits per heavy atom. The topological polar surface area (TPSA) is 86.6 Å². The van der Waals surface area contributed by atoms with Crippen molar-refractivity contribution in [3.63, 3.8) is 0 Å². The zero-order chi connectivity index (χ0) is 21.5. The number of amides is 2. The highest BCUT2D eigenvalue weighted by molar-refractivity contribution is 6.05. The minimum atomic E-state index is -2.98. The van der Waals surface area contributed by atoms with Crippen molar-refractivity contribution in [2.75, 3.05) is 6.61 Å². The van der Waals surface area contributed by atoms with Crippen molar-refractivity contribution in [1.29, 1.82) is 0 Å². The predicted octanol–water partition coefficient (Wildman–Crippen LogP) is 3.19. The van der Waals surface area contributed by atoms with Crippen molar-refractivity contribution in [3.8, 4) is 11.4 Å². The molecule has 3 rings (SSSR count). The van der Waals surface area contributed by atoms with E-state index in [1.165, 1.54) is 24.3 Å². The highest BCUT2D eigenvalue weighted by Gasteiger charge is 2.15. The van der Waals surface area contributed by atoms with Crippen LogP contribution in [0.1, 0.15) is 20.7 Å². The Hall–Kier alpha value is -4.01. The van der Waals surface area contributed by atoms with Crippen LogP contribution >= 0.6 is 0 Å². The summed E-state index contributed by atoms with van der Waals surface area (Å²) in [4.78, 5) is 36.1. The molecule has 0 atom stereocenters. The summed E-state index contributed by atoms with van der Waals surface area (Å²) in [6.45, 7) is -3.64. The molecule has 0 aliphatic heterocycles. The molecule has 2 aromatic carbocycles. The first-order chi connectivity index (χ1) is 14.4. The summed E-state index contributed by atoms with van der Waals surface area (Å²) in [7, 11) is 0. The Kier molecular flexibility index (Phi) is 6.53. The van der Waals surface area contributed by atoms with Crippen molar-refractivity contribution in [1.82, 2.24) is 9.88 Å². The SMILES string of the molecule is O=C(COC(=O)c1cccc(-n2cccc2)c1)NC(=O)c1ccc(OC(F)F)cc1. The fourth-order valence-corrected chi connectivity index (χ4v) is 2.54. The van der Waals surface area contributed by atoms with Crippen molar-refractivity contribution < 1.29 is 32.6 Å². The smallest absolute Gasteiger partial charge is 0.387 e. The Morgan fingerprint density at radius 1 is 0.933 bits per heavy atom. The quantitative estimate of drug-likeness (QED) is 0.600. The van der Waals surface area contributed by atoms with Crippen LogP contribution in [0.5, 0.6) is 5.75 Å². The number of alkyl halides is 2. The van der Waals surface area contributed by atoms with Gasteiger partial charge in [-0.15, -0.1) is 0 Å². The molecule has 1 heterocycles. The molecule has 0 fully saturated rings. The van der Waals surface area contributed by atoms with Crippen LogP contribution < -0.4 is 10.1 Å². The van der Waals surface area contributed by atoms with E-state index in [1.54, 1.807) is 28.8 Å². The molecule has 30 heavy (non-hydrogen) atoms. The molecule has 0 radical (unpaired) electrons. The van der Waals surface area contributed by atoms with Crippen LogP contribution in [0, 0.1) is 0 Å². The number of benzene rings is 2. The molecule has 0 saturated carbocycles. The zero-order valence-corrected chi connectivity index (χ0v) is 15.5. The molecule has 2 amide bonds. The number of carbonyl (C=O) groups is 3. The maximum Gasteiger partial charge on any atom is 0.387 e. The third kappa shape index (κ3) is 5.51. The van der Waals surface area contributed by atoms with E-state index in [9.17, 15) is 23.2 Å². The standard InChI is InChI=1S/C21H16F2N2O5/c22-21(23)30-17-8-6-14(7-9-17)19(27)24-18(26)13-29-20(28)15-4-3-5-16(12-15)25-10-1-2-11-25/h1-12,21H,13H2,(H,24,26,27). The van der Waals surface area contributed by atoms with Crippen molar-refractivity contribution in [3.05, 3.63) is 84.2 Å². The Balaban J connectivity index is 1.52. The molecule has 0 spiro atoms. The summed E-state index contributed by atoms with van der Waals surface area (Å²) in [6, 6.07) is 15.1. The second-order valence-corrected chi connectivity index (χ2v) is 6.00. The minimum absolute atomic E-state index is 0.0516. The van der Waals surface area contributed by atoms with Gasteiger partial charge < -0.3 is 14.0 Å². The summed E-state index contributed by atoms with van der Waals surface area (Å²) in [5, 5.41) is 2.05.